The van der Waals surface area contributed by atoms with Crippen LogP contribution in [0.2, 0.25) is 0 Å². The normalized spacial score (nSPS) is 10.6. The third kappa shape index (κ3) is 3.05. The molecule has 136 valence electrons. The van der Waals surface area contributed by atoms with Crippen molar-refractivity contribution in [3.8, 4) is 22.5 Å². The minimum absolute atomic E-state index is 0.263. The van der Waals surface area contributed by atoms with E-state index in [9.17, 15) is 4.79 Å². The molecule has 2 heterocycles. The Labute approximate surface area is 161 Å². The molecule has 0 amide bonds. The van der Waals surface area contributed by atoms with Crippen LogP contribution in [0.25, 0.3) is 22.5 Å². The summed E-state index contributed by atoms with van der Waals surface area (Å²) >= 11 is 0. The van der Waals surface area contributed by atoms with Gasteiger partial charge < -0.3 is 11.5 Å². The topological polar surface area (TPSA) is 121 Å². The van der Waals surface area contributed by atoms with E-state index >= 15 is 0 Å². The lowest BCUT2D eigenvalue weighted by molar-refractivity contribution is 0.103. The van der Waals surface area contributed by atoms with Crippen LogP contribution in [0, 0.1) is 0 Å². The highest BCUT2D eigenvalue weighted by Crippen LogP contribution is 2.31. The lowest BCUT2D eigenvalue weighted by Crippen LogP contribution is -2.10. The van der Waals surface area contributed by atoms with Gasteiger partial charge in [-0.15, -0.1) is 10.2 Å². The highest BCUT2D eigenvalue weighted by atomic mass is 16.1. The van der Waals surface area contributed by atoms with E-state index in [1.807, 2.05) is 24.3 Å². The molecule has 0 fully saturated rings. The largest absolute Gasteiger partial charge is 0.398 e. The number of carbonyl (C=O) groups is 1. The zero-order valence-electron chi connectivity index (χ0n) is 14.8. The van der Waals surface area contributed by atoms with Crippen molar-refractivity contribution in [1.29, 1.82) is 0 Å². The standard InChI is InChI=1S/C21H16N6O/c22-17-7-3-1-5-13(17)19-15(9-11-24-26-19)21(28)16-10-12-25-27-20(16)14-6-2-4-8-18(14)23/h1-12H,22-23H2. The van der Waals surface area contributed by atoms with E-state index in [1.165, 1.54) is 12.4 Å². The fraction of sp³-hybridized carbons (Fsp3) is 0. The zero-order chi connectivity index (χ0) is 19.5. The molecule has 4 N–H and O–H groups in total. The summed E-state index contributed by atoms with van der Waals surface area (Å²) in [6.07, 6.45) is 2.95. The van der Waals surface area contributed by atoms with Crippen LogP contribution in [0.15, 0.2) is 73.1 Å². The van der Waals surface area contributed by atoms with Crippen LogP contribution < -0.4 is 11.5 Å². The predicted octanol–water partition coefficient (Wildman–Crippen LogP) is 3.00. The van der Waals surface area contributed by atoms with E-state index in [1.54, 1.807) is 36.4 Å². The van der Waals surface area contributed by atoms with Gasteiger partial charge in [-0.05, 0) is 24.3 Å². The van der Waals surface area contributed by atoms with Gasteiger partial charge >= 0.3 is 0 Å². The molecule has 0 unspecified atom stereocenters. The number of aromatic nitrogens is 4. The first kappa shape index (κ1) is 17.3. The molecule has 7 nitrogen and oxygen atoms in total. The molecule has 0 radical (unpaired) electrons. The number of nitrogen functional groups attached to an aromatic ring is 2. The highest BCUT2D eigenvalue weighted by Gasteiger charge is 2.22. The fourth-order valence-electron chi connectivity index (χ4n) is 3.00. The Kier molecular flexibility index (Phi) is 4.47. The molecule has 4 aromatic rings. The number of benzene rings is 2. The van der Waals surface area contributed by atoms with E-state index in [4.69, 9.17) is 11.5 Å². The number of ketones is 1. The number of hydrogen-bond donors (Lipinski definition) is 2. The molecule has 0 bridgehead atoms. The summed E-state index contributed by atoms with van der Waals surface area (Å²) < 4.78 is 0. The van der Waals surface area contributed by atoms with Crippen LogP contribution in [0.4, 0.5) is 11.4 Å². The van der Waals surface area contributed by atoms with Crippen molar-refractivity contribution in [2.75, 3.05) is 11.5 Å². The molecule has 0 aliphatic carbocycles. The van der Waals surface area contributed by atoms with Gasteiger partial charge in [0.2, 0.25) is 0 Å². The number of anilines is 2. The Morgan fingerprint density at radius 1 is 0.643 bits per heavy atom. The van der Waals surface area contributed by atoms with Gasteiger partial charge in [0, 0.05) is 22.5 Å². The van der Waals surface area contributed by atoms with Gasteiger partial charge in [0.15, 0.2) is 5.78 Å². The Hall–Kier alpha value is -4.13. The van der Waals surface area contributed by atoms with Crippen molar-refractivity contribution >= 4 is 17.2 Å². The molecule has 0 atom stereocenters. The second-order valence-corrected chi connectivity index (χ2v) is 6.09. The van der Waals surface area contributed by atoms with Crippen LogP contribution in [0.3, 0.4) is 0 Å². The van der Waals surface area contributed by atoms with Gasteiger partial charge in [0.25, 0.3) is 0 Å². The zero-order valence-corrected chi connectivity index (χ0v) is 14.8. The molecule has 2 aromatic carbocycles. The quantitative estimate of drug-likeness (QED) is 0.419. The van der Waals surface area contributed by atoms with E-state index < -0.39 is 0 Å². The van der Waals surface area contributed by atoms with Crippen LogP contribution >= 0.6 is 0 Å². The summed E-state index contributed by atoms with van der Waals surface area (Å²) in [6, 6.07) is 17.7. The van der Waals surface area contributed by atoms with Crippen molar-refractivity contribution in [2.24, 2.45) is 0 Å². The van der Waals surface area contributed by atoms with Gasteiger partial charge in [-0.2, -0.15) is 10.2 Å². The lowest BCUT2D eigenvalue weighted by Gasteiger charge is -2.12. The number of carbonyl (C=O) groups excluding carboxylic acids is 1. The maximum absolute atomic E-state index is 13.4. The molecule has 28 heavy (non-hydrogen) atoms. The second kappa shape index (κ2) is 7.24. The van der Waals surface area contributed by atoms with Crippen LogP contribution in [0.1, 0.15) is 15.9 Å². The smallest absolute Gasteiger partial charge is 0.197 e. The Morgan fingerprint density at radius 3 is 1.50 bits per heavy atom. The maximum Gasteiger partial charge on any atom is 0.197 e. The second-order valence-electron chi connectivity index (χ2n) is 6.09. The van der Waals surface area contributed by atoms with Gasteiger partial charge in [0.1, 0.15) is 11.4 Å². The first-order valence-electron chi connectivity index (χ1n) is 8.54. The number of nitrogens with zero attached hydrogens (tertiary/aromatic N) is 4. The Morgan fingerprint density at radius 2 is 1.07 bits per heavy atom. The van der Waals surface area contributed by atoms with Gasteiger partial charge in [-0.3, -0.25) is 4.79 Å². The minimum Gasteiger partial charge on any atom is -0.398 e. The third-order valence-electron chi connectivity index (χ3n) is 4.36. The summed E-state index contributed by atoms with van der Waals surface area (Å²) in [5, 5.41) is 16.2. The average Bonchev–Trinajstić information content (AvgIpc) is 2.74. The first-order chi connectivity index (χ1) is 13.7. The van der Waals surface area contributed by atoms with E-state index in [2.05, 4.69) is 20.4 Å². The van der Waals surface area contributed by atoms with E-state index in [0.717, 1.165) is 0 Å². The Balaban J connectivity index is 1.88. The van der Waals surface area contributed by atoms with E-state index in [-0.39, 0.29) is 5.78 Å². The molecule has 0 saturated carbocycles. The highest BCUT2D eigenvalue weighted by molar-refractivity contribution is 6.15. The van der Waals surface area contributed by atoms with Crippen LogP contribution in [-0.2, 0) is 0 Å². The van der Waals surface area contributed by atoms with Crippen molar-refractivity contribution < 1.29 is 4.79 Å². The van der Waals surface area contributed by atoms with Gasteiger partial charge in [0.05, 0.1) is 23.5 Å². The van der Waals surface area contributed by atoms with Gasteiger partial charge in [-0.1, -0.05) is 36.4 Å². The lowest BCUT2D eigenvalue weighted by atomic mass is 9.95. The van der Waals surface area contributed by atoms with Crippen molar-refractivity contribution in [3.63, 3.8) is 0 Å². The molecule has 0 spiro atoms. The minimum atomic E-state index is -0.263. The molecule has 4 rings (SSSR count). The van der Waals surface area contributed by atoms with Gasteiger partial charge in [-0.25, -0.2) is 0 Å². The number of nitrogens with two attached hydrogens (primary N) is 2. The SMILES string of the molecule is Nc1ccccc1-c1nnccc1C(=O)c1ccnnc1-c1ccccc1N. The molecule has 0 saturated heterocycles. The summed E-state index contributed by atoms with van der Waals surface area (Å²) in [7, 11) is 0. The number of rotatable bonds is 4. The fourth-order valence-corrected chi connectivity index (χ4v) is 3.00. The van der Waals surface area contributed by atoms with Crippen molar-refractivity contribution in [2.45, 2.75) is 0 Å². The maximum atomic E-state index is 13.4. The summed E-state index contributed by atoms with van der Waals surface area (Å²) in [5.74, 6) is -0.263. The monoisotopic (exact) mass is 368 g/mol. The predicted molar refractivity (Wildman–Crippen MR) is 107 cm³/mol. The number of hydrogen-bond acceptors (Lipinski definition) is 7. The molecule has 0 aliphatic heterocycles. The summed E-state index contributed by atoms with van der Waals surface area (Å²) in [5.41, 5.74) is 16.0. The molecular weight excluding hydrogens is 352 g/mol. The third-order valence-corrected chi connectivity index (χ3v) is 4.36. The van der Waals surface area contributed by atoms with Crippen molar-refractivity contribution in [3.05, 3.63) is 84.2 Å². The van der Waals surface area contributed by atoms with E-state index in [0.29, 0.717) is 45.0 Å². The summed E-state index contributed by atoms with van der Waals surface area (Å²) in [6.45, 7) is 0. The molecule has 7 heteroatoms. The van der Waals surface area contributed by atoms with Crippen LogP contribution in [0.5, 0.6) is 0 Å². The Bertz CT molecular complexity index is 1080. The average molecular weight is 368 g/mol. The molecular formula is C21H16N6O. The first-order valence-corrected chi connectivity index (χ1v) is 8.54. The van der Waals surface area contributed by atoms with Crippen LogP contribution in [-0.4, -0.2) is 26.2 Å². The number of para-hydroxylation sites is 2. The molecule has 0 aliphatic rings. The summed E-state index contributed by atoms with van der Waals surface area (Å²) in [4.78, 5) is 13.4. The molecule has 2 aromatic heterocycles. The van der Waals surface area contributed by atoms with Crippen molar-refractivity contribution in [1.82, 2.24) is 20.4 Å².